The number of halogens is 2. The van der Waals surface area contributed by atoms with Crippen LogP contribution < -0.4 is 5.32 Å². The van der Waals surface area contributed by atoms with E-state index in [0.29, 0.717) is 6.54 Å². The molecule has 1 aliphatic rings. The minimum absolute atomic E-state index is 0. The molecule has 160 valence electrons. The summed E-state index contributed by atoms with van der Waals surface area (Å²) in [7, 11) is 6.17. The summed E-state index contributed by atoms with van der Waals surface area (Å²) in [6.45, 7) is 6.33. The van der Waals surface area contributed by atoms with Gasteiger partial charge in [0.25, 0.3) is 0 Å². The molecule has 1 N–H and O–H groups in total. The third-order valence-corrected chi connectivity index (χ3v) is 5.20. The van der Waals surface area contributed by atoms with Crippen LogP contribution in [-0.2, 0) is 4.74 Å². The van der Waals surface area contributed by atoms with Crippen LogP contribution in [0.25, 0.3) is 0 Å². The highest BCUT2D eigenvalue weighted by molar-refractivity contribution is 14.0. The van der Waals surface area contributed by atoms with Crippen LogP contribution in [0, 0.1) is 11.7 Å². The molecule has 2 rings (SSSR count). The van der Waals surface area contributed by atoms with Gasteiger partial charge in [-0.2, -0.15) is 0 Å². The van der Waals surface area contributed by atoms with Crippen LogP contribution in [0.4, 0.5) is 4.39 Å². The van der Waals surface area contributed by atoms with Crippen LogP contribution in [0.3, 0.4) is 0 Å². The molecule has 1 unspecified atom stereocenters. The van der Waals surface area contributed by atoms with Gasteiger partial charge in [0.15, 0.2) is 5.96 Å². The molecule has 0 radical (unpaired) electrons. The smallest absolute Gasteiger partial charge is 0.193 e. The second-order valence-corrected chi connectivity index (χ2v) is 7.49. The Bertz CT molecular complexity index is 576. The number of rotatable bonds is 8. The van der Waals surface area contributed by atoms with Crippen molar-refractivity contribution in [3.63, 3.8) is 0 Å². The van der Waals surface area contributed by atoms with Gasteiger partial charge in [-0.1, -0.05) is 12.1 Å². The summed E-state index contributed by atoms with van der Waals surface area (Å²) in [4.78, 5) is 9.21. The molecule has 1 aliphatic heterocycles. The van der Waals surface area contributed by atoms with Crippen LogP contribution in [0.15, 0.2) is 29.3 Å². The van der Waals surface area contributed by atoms with E-state index in [0.717, 1.165) is 56.6 Å². The monoisotopic (exact) mass is 506 g/mol. The first kappa shape index (κ1) is 25.1. The number of nitrogens with one attached hydrogen (secondary N) is 1. The van der Waals surface area contributed by atoms with Gasteiger partial charge in [0.05, 0.1) is 12.6 Å². The minimum Gasteiger partial charge on any atom is -0.381 e. The third kappa shape index (κ3) is 8.21. The van der Waals surface area contributed by atoms with E-state index >= 15 is 0 Å². The summed E-state index contributed by atoms with van der Waals surface area (Å²) in [6.07, 6.45) is 3.49. The van der Waals surface area contributed by atoms with Crippen LogP contribution in [0.5, 0.6) is 0 Å². The van der Waals surface area contributed by atoms with Crippen molar-refractivity contribution < 1.29 is 9.13 Å². The lowest BCUT2D eigenvalue weighted by Crippen LogP contribution is -2.40. The summed E-state index contributed by atoms with van der Waals surface area (Å²) in [5.41, 5.74) is 1.07. The van der Waals surface area contributed by atoms with Gasteiger partial charge in [0.1, 0.15) is 5.82 Å². The Balaban J connectivity index is 0.00000392. The van der Waals surface area contributed by atoms with Crippen molar-refractivity contribution in [1.29, 1.82) is 0 Å². The molecule has 0 spiro atoms. The topological polar surface area (TPSA) is 40.1 Å². The van der Waals surface area contributed by atoms with Gasteiger partial charge in [-0.25, -0.2) is 4.39 Å². The number of benzene rings is 1. The second-order valence-electron chi connectivity index (χ2n) is 7.49. The summed E-state index contributed by atoms with van der Waals surface area (Å²) in [5, 5.41) is 3.40. The highest BCUT2D eigenvalue weighted by Gasteiger charge is 2.17. The summed E-state index contributed by atoms with van der Waals surface area (Å²) in [6, 6.07) is 6.83. The molecule has 0 bridgehead atoms. The Hall–Kier alpha value is -0.930. The van der Waals surface area contributed by atoms with Crippen LogP contribution >= 0.6 is 24.0 Å². The van der Waals surface area contributed by atoms with Crippen molar-refractivity contribution in [2.45, 2.75) is 32.2 Å². The molecule has 0 saturated carbocycles. The average molecular weight is 506 g/mol. The van der Waals surface area contributed by atoms with Gasteiger partial charge in [0.2, 0.25) is 0 Å². The van der Waals surface area contributed by atoms with E-state index < -0.39 is 0 Å². The molecular weight excluding hydrogens is 470 g/mol. The molecule has 5 nitrogen and oxygen atoms in total. The highest BCUT2D eigenvalue weighted by Crippen LogP contribution is 2.20. The minimum atomic E-state index is -0.207. The number of guanidine groups is 1. The highest BCUT2D eigenvalue weighted by atomic mass is 127. The number of likely N-dealkylation sites (N-methyl/N-ethyl adjacent to an activating group) is 1. The molecule has 1 aromatic carbocycles. The molecule has 1 fully saturated rings. The second kappa shape index (κ2) is 13.3. The van der Waals surface area contributed by atoms with Crippen molar-refractivity contribution in [3.8, 4) is 0 Å². The maximum atomic E-state index is 13.2. The van der Waals surface area contributed by atoms with Gasteiger partial charge in [0, 0.05) is 33.4 Å². The Morgan fingerprint density at radius 2 is 1.86 bits per heavy atom. The molecule has 7 heteroatoms. The number of nitrogens with zero attached hydrogens (tertiary/aromatic N) is 3. The van der Waals surface area contributed by atoms with E-state index in [-0.39, 0.29) is 35.8 Å². The maximum absolute atomic E-state index is 13.2. The molecule has 1 aromatic rings. The van der Waals surface area contributed by atoms with E-state index in [1.165, 1.54) is 18.6 Å². The summed E-state index contributed by atoms with van der Waals surface area (Å²) < 4.78 is 18.7. The van der Waals surface area contributed by atoms with Crippen molar-refractivity contribution in [2.24, 2.45) is 10.9 Å². The van der Waals surface area contributed by atoms with E-state index in [4.69, 9.17) is 9.73 Å². The zero-order valence-corrected chi connectivity index (χ0v) is 20.0. The zero-order chi connectivity index (χ0) is 19.6. The molecule has 28 heavy (non-hydrogen) atoms. The maximum Gasteiger partial charge on any atom is 0.193 e. The van der Waals surface area contributed by atoms with Crippen molar-refractivity contribution in [1.82, 2.24) is 15.1 Å². The standard InChI is InChI=1S/C21H35FN4O.HI/c1-5-23-21(26(4)13-10-17-11-14-27-15-12-17)24-16-20(25(2)3)18-6-8-19(22)9-7-18;/h6-9,17,20H,5,10-16H2,1-4H3,(H,23,24);1H. The Kier molecular flexibility index (Phi) is 11.9. The van der Waals surface area contributed by atoms with Crippen LogP contribution in [0.2, 0.25) is 0 Å². The van der Waals surface area contributed by atoms with Crippen LogP contribution in [0.1, 0.15) is 37.8 Å². The van der Waals surface area contributed by atoms with Crippen molar-refractivity contribution in [2.75, 3.05) is 54.0 Å². The van der Waals surface area contributed by atoms with E-state index in [1.807, 2.05) is 26.2 Å². The van der Waals surface area contributed by atoms with Gasteiger partial charge in [-0.3, -0.25) is 4.99 Å². The third-order valence-electron chi connectivity index (χ3n) is 5.20. The molecule has 0 aliphatic carbocycles. The number of hydrogen-bond donors (Lipinski definition) is 1. The Morgan fingerprint density at radius 3 is 2.43 bits per heavy atom. The molecule has 1 saturated heterocycles. The molecule has 0 aromatic heterocycles. The number of hydrogen-bond acceptors (Lipinski definition) is 3. The van der Waals surface area contributed by atoms with Gasteiger partial charge < -0.3 is 19.9 Å². The van der Waals surface area contributed by atoms with E-state index in [2.05, 4.69) is 29.1 Å². The predicted octanol–water partition coefficient (Wildman–Crippen LogP) is 3.76. The lowest BCUT2D eigenvalue weighted by atomic mass is 9.96. The average Bonchev–Trinajstić information content (AvgIpc) is 2.67. The molecule has 0 amide bonds. The molecular formula is C21H36FIN4O. The summed E-state index contributed by atoms with van der Waals surface area (Å²) >= 11 is 0. The van der Waals surface area contributed by atoms with Crippen LogP contribution in [-0.4, -0.2) is 69.8 Å². The zero-order valence-electron chi connectivity index (χ0n) is 17.7. The van der Waals surface area contributed by atoms with Gasteiger partial charge >= 0.3 is 0 Å². The Morgan fingerprint density at radius 1 is 1.21 bits per heavy atom. The lowest BCUT2D eigenvalue weighted by Gasteiger charge is -2.28. The number of ether oxygens (including phenoxy) is 1. The molecule has 1 atom stereocenters. The quantitative estimate of drug-likeness (QED) is 0.331. The van der Waals surface area contributed by atoms with Crippen molar-refractivity contribution >= 4 is 29.9 Å². The first-order valence-corrected chi connectivity index (χ1v) is 10.00. The SMILES string of the molecule is CCNC(=NCC(c1ccc(F)cc1)N(C)C)N(C)CCC1CCOCC1.I. The summed E-state index contributed by atoms with van der Waals surface area (Å²) in [5.74, 6) is 1.47. The lowest BCUT2D eigenvalue weighted by molar-refractivity contribution is 0.0625. The van der Waals surface area contributed by atoms with E-state index in [1.54, 1.807) is 0 Å². The van der Waals surface area contributed by atoms with Gasteiger partial charge in [-0.15, -0.1) is 24.0 Å². The fourth-order valence-electron chi connectivity index (χ4n) is 3.41. The van der Waals surface area contributed by atoms with Gasteiger partial charge in [-0.05, 0) is 63.9 Å². The van der Waals surface area contributed by atoms with E-state index in [9.17, 15) is 4.39 Å². The first-order valence-electron chi connectivity index (χ1n) is 10.00. The van der Waals surface area contributed by atoms with Crippen molar-refractivity contribution in [3.05, 3.63) is 35.6 Å². The fraction of sp³-hybridized carbons (Fsp3) is 0.667. The largest absolute Gasteiger partial charge is 0.381 e. The Labute approximate surface area is 186 Å². The number of aliphatic imine (C=N–C) groups is 1. The fourth-order valence-corrected chi connectivity index (χ4v) is 3.41. The molecule has 1 heterocycles. The predicted molar refractivity (Wildman–Crippen MR) is 125 cm³/mol. The normalized spacial score (nSPS) is 16.6. The first-order chi connectivity index (χ1) is 13.0.